The highest BCUT2D eigenvalue weighted by Gasteiger charge is 2.27. The second kappa shape index (κ2) is 5.92. The molecular formula is C15H14FN3O2S. The van der Waals surface area contributed by atoms with Crippen LogP contribution in [0.5, 0.6) is 0 Å². The van der Waals surface area contributed by atoms with Crippen LogP contribution in [0.2, 0.25) is 0 Å². The molecule has 1 amide bonds. The third-order valence-electron chi connectivity index (χ3n) is 3.48. The molecule has 1 unspecified atom stereocenters. The van der Waals surface area contributed by atoms with Gasteiger partial charge in [0.15, 0.2) is 5.16 Å². The Kier molecular flexibility index (Phi) is 3.98. The second-order valence-corrected chi connectivity index (χ2v) is 6.13. The largest absolute Gasteiger partial charge is 0.326 e. The Bertz CT molecular complexity index is 773. The maximum absolute atomic E-state index is 12.9. The van der Waals surface area contributed by atoms with Crippen LogP contribution >= 0.6 is 11.8 Å². The smallest absolute Gasteiger partial charge is 0.257 e. The first-order chi connectivity index (χ1) is 10.5. The van der Waals surface area contributed by atoms with Crippen molar-refractivity contribution in [3.8, 4) is 0 Å². The van der Waals surface area contributed by atoms with E-state index in [1.165, 1.54) is 36.0 Å². The van der Waals surface area contributed by atoms with Crippen LogP contribution in [-0.2, 0) is 11.3 Å². The highest BCUT2D eigenvalue weighted by Crippen LogP contribution is 2.25. The number of fused-ring (bicyclic) bond motifs is 1. The van der Waals surface area contributed by atoms with Crippen LogP contribution in [0.1, 0.15) is 5.56 Å². The van der Waals surface area contributed by atoms with Gasteiger partial charge in [0.1, 0.15) is 5.82 Å². The number of thioether (sulfide) groups is 1. The molecule has 7 heteroatoms. The first kappa shape index (κ1) is 14.8. The lowest BCUT2D eigenvalue weighted by atomic mass is 10.1. The van der Waals surface area contributed by atoms with Gasteiger partial charge in [-0.05, 0) is 31.2 Å². The Morgan fingerprint density at radius 1 is 1.41 bits per heavy atom. The van der Waals surface area contributed by atoms with Crippen molar-refractivity contribution in [2.75, 3.05) is 11.1 Å². The van der Waals surface area contributed by atoms with Gasteiger partial charge in [-0.15, -0.1) is 0 Å². The summed E-state index contributed by atoms with van der Waals surface area (Å²) in [5.74, 6) is -0.307. The van der Waals surface area contributed by atoms with Crippen molar-refractivity contribution >= 4 is 23.4 Å². The Morgan fingerprint density at radius 2 is 2.14 bits per heavy atom. The number of hydrogen-bond acceptors (Lipinski definition) is 4. The molecule has 0 aliphatic carbocycles. The summed E-state index contributed by atoms with van der Waals surface area (Å²) in [6, 6.07) is 5.60. The van der Waals surface area contributed by atoms with Crippen LogP contribution in [0.3, 0.4) is 0 Å². The zero-order valence-corrected chi connectivity index (χ0v) is 12.7. The molecule has 1 N–H and O–H groups in total. The summed E-state index contributed by atoms with van der Waals surface area (Å²) in [5.41, 5.74) is 0.984. The summed E-state index contributed by atoms with van der Waals surface area (Å²) in [7, 11) is 0. The fourth-order valence-electron chi connectivity index (χ4n) is 2.24. The number of halogens is 1. The Labute approximate surface area is 130 Å². The second-order valence-electron chi connectivity index (χ2n) is 5.14. The van der Waals surface area contributed by atoms with E-state index in [-0.39, 0.29) is 23.2 Å². The molecular weight excluding hydrogens is 305 g/mol. The maximum atomic E-state index is 12.9. The molecule has 2 aromatic rings. The predicted molar refractivity (Wildman–Crippen MR) is 82.5 cm³/mol. The summed E-state index contributed by atoms with van der Waals surface area (Å²) in [6.45, 7) is 2.01. The third-order valence-corrected chi connectivity index (χ3v) is 4.63. The zero-order chi connectivity index (χ0) is 15.7. The molecule has 0 fully saturated rings. The van der Waals surface area contributed by atoms with Crippen LogP contribution < -0.4 is 10.9 Å². The van der Waals surface area contributed by atoms with Gasteiger partial charge in [0.25, 0.3) is 5.56 Å². The number of amides is 1. The van der Waals surface area contributed by atoms with Crippen molar-refractivity contribution in [3.63, 3.8) is 0 Å². The monoisotopic (exact) mass is 319 g/mol. The molecule has 0 saturated heterocycles. The number of aromatic nitrogens is 2. The SMILES string of the molecule is Cc1cnc2n(c1=O)CC(C(=O)Nc1ccc(F)cc1)CS2. The molecule has 114 valence electrons. The lowest BCUT2D eigenvalue weighted by Gasteiger charge is -2.24. The van der Waals surface area contributed by atoms with E-state index in [0.29, 0.717) is 28.7 Å². The molecule has 1 aromatic heterocycles. The van der Waals surface area contributed by atoms with Crippen molar-refractivity contribution in [1.82, 2.24) is 9.55 Å². The van der Waals surface area contributed by atoms with Crippen LogP contribution in [-0.4, -0.2) is 21.2 Å². The van der Waals surface area contributed by atoms with Gasteiger partial charge >= 0.3 is 0 Å². The number of carbonyl (C=O) groups is 1. The number of carbonyl (C=O) groups excluding carboxylic acids is 1. The third kappa shape index (κ3) is 2.89. The first-order valence-corrected chi connectivity index (χ1v) is 7.79. The highest BCUT2D eigenvalue weighted by atomic mass is 32.2. The van der Waals surface area contributed by atoms with Crippen LogP contribution in [0.4, 0.5) is 10.1 Å². The van der Waals surface area contributed by atoms with Crippen LogP contribution in [0, 0.1) is 18.7 Å². The maximum Gasteiger partial charge on any atom is 0.257 e. The molecule has 0 radical (unpaired) electrons. The van der Waals surface area contributed by atoms with E-state index in [0.717, 1.165) is 0 Å². The number of benzene rings is 1. The van der Waals surface area contributed by atoms with Gasteiger partial charge in [-0.25, -0.2) is 9.37 Å². The average molecular weight is 319 g/mol. The quantitative estimate of drug-likeness (QED) is 0.861. The van der Waals surface area contributed by atoms with Gasteiger partial charge in [-0.3, -0.25) is 14.2 Å². The average Bonchev–Trinajstić information content (AvgIpc) is 2.53. The van der Waals surface area contributed by atoms with Crippen molar-refractivity contribution in [2.24, 2.45) is 5.92 Å². The summed E-state index contributed by atoms with van der Waals surface area (Å²) in [4.78, 5) is 28.6. The molecule has 0 saturated carbocycles. The minimum atomic E-state index is -0.353. The minimum absolute atomic E-state index is 0.114. The number of anilines is 1. The number of hydrogen-bond donors (Lipinski definition) is 1. The van der Waals surface area contributed by atoms with E-state index in [2.05, 4.69) is 10.3 Å². The van der Waals surface area contributed by atoms with Crippen LogP contribution in [0.25, 0.3) is 0 Å². The molecule has 5 nitrogen and oxygen atoms in total. The van der Waals surface area contributed by atoms with Crippen molar-refractivity contribution in [1.29, 1.82) is 0 Å². The summed E-state index contributed by atoms with van der Waals surface area (Å²) >= 11 is 1.39. The Morgan fingerprint density at radius 3 is 2.86 bits per heavy atom. The molecule has 2 heterocycles. The molecule has 1 aromatic carbocycles. The normalized spacial score (nSPS) is 16.9. The number of rotatable bonds is 2. The number of nitrogens with zero attached hydrogens (tertiary/aromatic N) is 2. The first-order valence-electron chi connectivity index (χ1n) is 6.80. The fourth-order valence-corrected chi connectivity index (χ4v) is 3.28. The van der Waals surface area contributed by atoms with Crippen molar-refractivity contribution in [2.45, 2.75) is 18.6 Å². The van der Waals surface area contributed by atoms with Gasteiger partial charge in [-0.1, -0.05) is 11.8 Å². The summed E-state index contributed by atoms with van der Waals surface area (Å²) in [6.07, 6.45) is 1.56. The van der Waals surface area contributed by atoms with E-state index in [1.807, 2.05) is 0 Å². The van der Waals surface area contributed by atoms with E-state index in [1.54, 1.807) is 17.7 Å². The Balaban J connectivity index is 1.76. The standard InChI is InChI=1S/C15H14FN3O2S/c1-9-6-17-15-19(14(9)21)7-10(8-22-15)13(20)18-12-4-2-11(16)3-5-12/h2-6,10H,7-8H2,1H3,(H,18,20). The van der Waals surface area contributed by atoms with E-state index in [4.69, 9.17) is 0 Å². The topological polar surface area (TPSA) is 64.0 Å². The van der Waals surface area contributed by atoms with Gasteiger partial charge in [-0.2, -0.15) is 0 Å². The summed E-state index contributed by atoms with van der Waals surface area (Å²) in [5, 5.41) is 3.39. The number of nitrogens with one attached hydrogen (secondary N) is 1. The van der Waals surface area contributed by atoms with Gasteiger partial charge in [0.2, 0.25) is 5.91 Å². The minimum Gasteiger partial charge on any atom is -0.326 e. The highest BCUT2D eigenvalue weighted by molar-refractivity contribution is 7.99. The van der Waals surface area contributed by atoms with Gasteiger partial charge in [0.05, 0.1) is 5.92 Å². The number of aryl methyl sites for hydroxylation is 1. The van der Waals surface area contributed by atoms with E-state index >= 15 is 0 Å². The van der Waals surface area contributed by atoms with E-state index in [9.17, 15) is 14.0 Å². The van der Waals surface area contributed by atoms with Gasteiger partial charge in [0, 0.05) is 29.7 Å². The molecule has 0 spiro atoms. The molecule has 3 rings (SSSR count). The molecule has 1 atom stereocenters. The van der Waals surface area contributed by atoms with E-state index < -0.39 is 0 Å². The lowest BCUT2D eigenvalue weighted by molar-refractivity contribution is -0.119. The van der Waals surface area contributed by atoms with Crippen molar-refractivity contribution in [3.05, 3.63) is 52.2 Å². The zero-order valence-electron chi connectivity index (χ0n) is 11.9. The van der Waals surface area contributed by atoms with Crippen molar-refractivity contribution < 1.29 is 9.18 Å². The predicted octanol–water partition coefficient (Wildman–Crippen LogP) is 2.05. The Hall–Kier alpha value is -2.15. The lowest BCUT2D eigenvalue weighted by Crippen LogP contribution is -2.37. The molecule has 1 aliphatic rings. The van der Waals surface area contributed by atoms with Crippen LogP contribution in [0.15, 0.2) is 40.4 Å². The van der Waals surface area contributed by atoms with Gasteiger partial charge < -0.3 is 5.32 Å². The summed E-state index contributed by atoms with van der Waals surface area (Å²) < 4.78 is 14.4. The molecule has 1 aliphatic heterocycles. The fraction of sp³-hybridized carbons (Fsp3) is 0.267. The molecule has 0 bridgehead atoms. The molecule has 22 heavy (non-hydrogen) atoms.